The van der Waals surface area contributed by atoms with Gasteiger partial charge in [-0.05, 0) is 31.6 Å². The summed E-state index contributed by atoms with van der Waals surface area (Å²) in [5.41, 5.74) is 7.08. The highest BCUT2D eigenvalue weighted by molar-refractivity contribution is 7.89. The topological polar surface area (TPSA) is 169 Å². The summed E-state index contributed by atoms with van der Waals surface area (Å²) in [6.45, 7) is 6.79. The lowest BCUT2D eigenvalue weighted by Crippen LogP contribution is -2.47. The van der Waals surface area contributed by atoms with Gasteiger partial charge >= 0.3 is 0 Å². The molecule has 0 radical (unpaired) electrons. The van der Waals surface area contributed by atoms with Gasteiger partial charge in [-0.3, -0.25) is 4.79 Å². The van der Waals surface area contributed by atoms with E-state index in [-0.39, 0.29) is 30.6 Å². The predicted octanol–water partition coefficient (Wildman–Crippen LogP) is 1.67. The molecule has 1 atom stereocenters. The van der Waals surface area contributed by atoms with E-state index in [0.717, 1.165) is 38.5 Å². The molecule has 0 bridgehead atoms. The number of nitrogens with two attached hydrogens (primary N) is 1. The Hall–Kier alpha value is -1.95. The normalized spacial score (nSPS) is 13.2. The molecule has 5 N–H and O–H groups in total. The smallest absolute Gasteiger partial charge is 0.251 e. The van der Waals surface area contributed by atoms with Crippen molar-refractivity contribution in [2.45, 2.75) is 84.6 Å². The Kier molecular flexibility index (Phi) is 15.7. The summed E-state index contributed by atoms with van der Waals surface area (Å²) < 4.78 is 27.4. The van der Waals surface area contributed by atoms with Crippen molar-refractivity contribution in [1.82, 2.24) is 15.5 Å². The second-order valence-electron chi connectivity index (χ2n) is 8.01. The van der Waals surface area contributed by atoms with Gasteiger partial charge in [0.25, 0.3) is 5.96 Å². The third-order valence-corrected chi connectivity index (χ3v) is 6.03. The van der Waals surface area contributed by atoms with Gasteiger partial charge in [0, 0.05) is 13.1 Å². The molecule has 11 nitrogen and oxygen atoms in total. The van der Waals surface area contributed by atoms with Crippen molar-refractivity contribution in [3.63, 3.8) is 0 Å². The van der Waals surface area contributed by atoms with Crippen molar-refractivity contribution in [1.29, 1.82) is 0 Å². The molecule has 0 fully saturated rings. The summed E-state index contributed by atoms with van der Waals surface area (Å²) in [6.07, 6.45) is 7.09. The minimum Gasteiger partial charge on any atom is -0.365 e. The van der Waals surface area contributed by atoms with E-state index in [4.69, 9.17) is 5.73 Å². The van der Waals surface area contributed by atoms with Gasteiger partial charge < -0.3 is 11.1 Å². The number of carbonyl (C=O) groups is 1. The summed E-state index contributed by atoms with van der Waals surface area (Å²) in [7, 11) is -3.60. The first-order chi connectivity index (χ1) is 14.6. The maximum atomic E-state index is 12.5. The fraction of sp³-hybridized carbons (Fsp3) is 0.895. The molecule has 0 heterocycles. The standard InChI is InChI=1S/C19H40N6O5S/c1-4-5-6-7-8-9-15-31(29,30)24-17(18(26)21-14-12-16(2)3)11-10-13-22-19(20)23-25(27)28/h16-17,24H,4-15H2,1-3H3,(H,21,26)(H3,20,22,23)/t17-/m0/s1. The van der Waals surface area contributed by atoms with Crippen LogP contribution in [0.15, 0.2) is 4.99 Å². The highest BCUT2D eigenvalue weighted by Gasteiger charge is 2.23. The average Bonchev–Trinajstić information content (AvgIpc) is 2.66. The number of carbonyl (C=O) groups excluding carboxylic acids is 1. The summed E-state index contributed by atoms with van der Waals surface area (Å²) >= 11 is 0. The molecule has 182 valence electrons. The Morgan fingerprint density at radius 2 is 1.74 bits per heavy atom. The largest absolute Gasteiger partial charge is 0.365 e. The molecule has 0 aliphatic carbocycles. The molecule has 0 spiro atoms. The third-order valence-electron chi connectivity index (χ3n) is 4.56. The molecule has 0 aliphatic rings. The molecule has 0 unspecified atom stereocenters. The quantitative estimate of drug-likeness (QED) is 0.0786. The molecule has 0 aromatic rings. The number of aliphatic imine (C=N–C) groups is 1. The van der Waals surface area contributed by atoms with Crippen LogP contribution >= 0.6 is 0 Å². The minimum absolute atomic E-state index is 0.0211. The van der Waals surface area contributed by atoms with Gasteiger partial charge in [-0.25, -0.2) is 28.2 Å². The van der Waals surface area contributed by atoms with E-state index >= 15 is 0 Å². The van der Waals surface area contributed by atoms with Crippen LogP contribution < -0.4 is 21.2 Å². The third kappa shape index (κ3) is 17.4. The lowest BCUT2D eigenvalue weighted by Gasteiger charge is -2.19. The maximum Gasteiger partial charge on any atom is 0.251 e. The van der Waals surface area contributed by atoms with E-state index in [9.17, 15) is 23.3 Å². The van der Waals surface area contributed by atoms with Gasteiger partial charge in [-0.2, -0.15) is 0 Å². The Labute approximate surface area is 186 Å². The van der Waals surface area contributed by atoms with E-state index in [2.05, 4.69) is 22.0 Å². The van der Waals surface area contributed by atoms with E-state index in [1.807, 2.05) is 13.8 Å². The average molecular weight is 465 g/mol. The second kappa shape index (κ2) is 16.7. The van der Waals surface area contributed by atoms with Crippen molar-refractivity contribution >= 4 is 21.9 Å². The molecular weight excluding hydrogens is 424 g/mol. The maximum absolute atomic E-state index is 12.5. The number of nitrogens with one attached hydrogen (secondary N) is 3. The summed E-state index contributed by atoms with van der Waals surface area (Å²) in [6, 6.07) is -0.919. The van der Waals surface area contributed by atoms with Crippen LogP contribution in [0.5, 0.6) is 0 Å². The first kappa shape index (κ1) is 29.1. The van der Waals surface area contributed by atoms with Crippen LogP contribution in [0, 0.1) is 16.0 Å². The van der Waals surface area contributed by atoms with E-state index in [1.54, 1.807) is 5.43 Å². The SMILES string of the molecule is CCCCCCCCS(=O)(=O)N[C@@H](CCCN=C(N)N[N+](=O)[O-])C(=O)NCCC(C)C. The number of guanidine groups is 1. The highest BCUT2D eigenvalue weighted by Crippen LogP contribution is 2.08. The molecule has 0 saturated carbocycles. The summed E-state index contributed by atoms with van der Waals surface area (Å²) in [5, 5.41) is 12.3. The van der Waals surface area contributed by atoms with Gasteiger partial charge in [0.2, 0.25) is 15.9 Å². The Morgan fingerprint density at radius 3 is 2.35 bits per heavy atom. The van der Waals surface area contributed by atoms with Crippen LogP contribution in [-0.4, -0.2) is 50.2 Å². The molecule has 0 rings (SSSR count). The Bertz CT molecular complexity index is 654. The van der Waals surface area contributed by atoms with Crippen LogP contribution in [0.25, 0.3) is 0 Å². The van der Waals surface area contributed by atoms with Gasteiger partial charge in [0.15, 0.2) is 5.03 Å². The second-order valence-corrected chi connectivity index (χ2v) is 9.88. The summed E-state index contributed by atoms with van der Waals surface area (Å²) in [5.74, 6) is -0.332. The van der Waals surface area contributed by atoms with Gasteiger partial charge in [-0.1, -0.05) is 58.3 Å². The molecule has 0 aromatic carbocycles. The van der Waals surface area contributed by atoms with Gasteiger partial charge in [0.05, 0.1) is 5.75 Å². The molecule has 1 amide bonds. The van der Waals surface area contributed by atoms with Crippen LogP contribution in [0.4, 0.5) is 0 Å². The zero-order chi connectivity index (χ0) is 23.7. The van der Waals surface area contributed by atoms with Gasteiger partial charge in [-0.15, -0.1) is 0 Å². The number of nitro groups is 1. The van der Waals surface area contributed by atoms with Crippen molar-refractivity contribution in [2.75, 3.05) is 18.8 Å². The molecule has 0 aliphatic heterocycles. The number of hydrogen-bond acceptors (Lipinski definition) is 6. The monoisotopic (exact) mass is 464 g/mol. The molecule has 0 aromatic heterocycles. The zero-order valence-corrected chi connectivity index (χ0v) is 19.9. The Morgan fingerprint density at radius 1 is 1.10 bits per heavy atom. The first-order valence-corrected chi connectivity index (χ1v) is 12.7. The van der Waals surface area contributed by atoms with Crippen LogP contribution in [-0.2, 0) is 14.8 Å². The van der Waals surface area contributed by atoms with Crippen molar-refractivity contribution in [3.05, 3.63) is 10.1 Å². The predicted molar refractivity (Wildman–Crippen MR) is 122 cm³/mol. The van der Waals surface area contributed by atoms with Crippen LogP contribution in [0.3, 0.4) is 0 Å². The minimum atomic E-state index is -3.60. The van der Waals surface area contributed by atoms with Crippen LogP contribution in [0.2, 0.25) is 0 Å². The molecule has 12 heteroatoms. The molecule has 0 saturated heterocycles. The number of nitrogens with zero attached hydrogens (tertiary/aromatic N) is 2. The van der Waals surface area contributed by atoms with Crippen molar-refractivity contribution in [2.24, 2.45) is 16.6 Å². The number of sulfonamides is 1. The molecular formula is C19H40N6O5S. The number of hydrogen-bond donors (Lipinski definition) is 4. The summed E-state index contributed by atoms with van der Waals surface area (Å²) in [4.78, 5) is 26.6. The number of amides is 1. The number of unbranched alkanes of at least 4 members (excludes halogenated alkanes) is 5. The molecule has 31 heavy (non-hydrogen) atoms. The fourth-order valence-corrected chi connectivity index (χ4v) is 4.18. The first-order valence-electron chi connectivity index (χ1n) is 11.1. The van der Waals surface area contributed by atoms with E-state index in [1.165, 1.54) is 0 Å². The van der Waals surface area contributed by atoms with Crippen molar-refractivity contribution in [3.8, 4) is 0 Å². The Balaban J connectivity index is 4.73. The number of rotatable bonds is 18. The highest BCUT2D eigenvalue weighted by atomic mass is 32.2. The lowest BCUT2D eigenvalue weighted by molar-refractivity contribution is -0.525. The fourth-order valence-electron chi connectivity index (χ4n) is 2.82. The number of hydrazine groups is 1. The van der Waals surface area contributed by atoms with E-state index < -0.39 is 21.1 Å². The van der Waals surface area contributed by atoms with Crippen molar-refractivity contribution < 1.29 is 18.2 Å². The zero-order valence-electron chi connectivity index (χ0n) is 19.1. The van der Waals surface area contributed by atoms with E-state index in [0.29, 0.717) is 25.3 Å². The van der Waals surface area contributed by atoms with Gasteiger partial charge in [0.1, 0.15) is 6.04 Å². The van der Waals surface area contributed by atoms with Crippen LogP contribution in [0.1, 0.15) is 78.6 Å². The lowest BCUT2D eigenvalue weighted by atomic mass is 10.1.